The third-order valence-electron chi connectivity index (χ3n) is 3.82. The number of nitro benzene ring substituents is 1. The van der Waals surface area contributed by atoms with Crippen LogP contribution >= 0.6 is 24.8 Å². The number of halogens is 2. The van der Waals surface area contributed by atoms with Crippen molar-refractivity contribution in [2.45, 2.75) is 18.2 Å². The highest BCUT2D eigenvalue weighted by Crippen LogP contribution is 2.21. The van der Waals surface area contributed by atoms with E-state index in [4.69, 9.17) is 0 Å². The van der Waals surface area contributed by atoms with Crippen LogP contribution in [0.5, 0.6) is 0 Å². The fraction of sp³-hybridized carbons (Fsp3) is 0.571. The van der Waals surface area contributed by atoms with Crippen LogP contribution in [-0.2, 0) is 10.0 Å². The Morgan fingerprint density at radius 2 is 1.92 bits per heavy atom. The van der Waals surface area contributed by atoms with Crippen LogP contribution in [0.15, 0.2) is 23.1 Å². The minimum Gasteiger partial charge on any atom is -0.314 e. The molecule has 1 aliphatic rings. The molecule has 0 aliphatic carbocycles. The molecule has 0 atom stereocenters. The maximum absolute atomic E-state index is 12.3. The molecule has 1 fully saturated rings. The van der Waals surface area contributed by atoms with Crippen LogP contribution in [0.1, 0.15) is 12.0 Å². The number of aryl methyl sites for hydroxylation is 1. The number of nitrogens with zero attached hydrogens (tertiary/aromatic N) is 2. The number of nitro groups is 1. The molecule has 8 nitrogen and oxygen atoms in total. The zero-order chi connectivity index (χ0) is 16.9. The van der Waals surface area contributed by atoms with Gasteiger partial charge in [0.05, 0.1) is 9.82 Å². The Kier molecular flexibility index (Phi) is 10.5. The maximum Gasteiger partial charge on any atom is 0.270 e. The Morgan fingerprint density at radius 1 is 1.28 bits per heavy atom. The second-order valence-corrected chi connectivity index (χ2v) is 7.29. The molecule has 0 unspecified atom stereocenters. The lowest BCUT2D eigenvalue weighted by Crippen LogP contribution is -2.44. The number of sulfonamides is 1. The molecule has 1 aromatic carbocycles. The summed E-state index contributed by atoms with van der Waals surface area (Å²) in [5.74, 6) is 0. The summed E-state index contributed by atoms with van der Waals surface area (Å²) in [4.78, 5) is 12.5. The average Bonchev–Trinajstić information content (AvgIpc) is 2.52. The Bertz CT molecular complexity index is 667. The minimum absolute atomic E-state index is 0. The van der Waals surface area contributed by atoms with E-state index >= 15 is 0 Å². The van der Waals surface area contributed by atoms with Gasteiger partial charge in [0.25, 0.3) is 5.69 Å². The van der Waals surface area contributed by atoms with Crippen molar-refractivity contribution < 1.29 is 13.3 Å². The predicted octanol–water partition coefficient (Wildman–Crippen LogP) is 1.32. The minimum atomic E-state index is -3.74. The van der Waals surface area contributed by atoms with Gasteiger partial charge in [0.1, 0.15) is 0 Å². The molecule has 1 aromatic rings. The zero-order valence-corrected chi connectivity index (χ0v) is 16.4. The summed E-state index contributed by atoms with van der Waals surface area (Å²) in [6, 6.07) is 3.86. The molecule has 1 heterocycles. The van der Waals surface area contributed by atoms with Gasteiger partial charge >= 0.3 is 0 Å². The third kappa shape index (κ3) is 7.04. The van der Waals surface area contributed by atoms with Crippen LogP contribution in [0.3, 0.4) is 0 Å². The number of piperazine rings is 1. The SMILES string of the molecule is Cc1ccc([N+](=O)[O-])cc1S(=O)(=O)NCCCN1CCNCC1.Cl.Cl. The smallest absolute Gasteiger partial charge is 0.270 e. The van der Waals surface area contributed by atoms with Crippen molar-refractivity contribution in [3.05, 3.63) is 33.9 Å². The summed E-state index contributed by atoms with van der Waals surface area (Å²) in [5, 5.41) is 14.1. The van der Waals surface area contributed by atoms with Crippen LogP contribution < -0.4 is 10.0 Å². The van der Waals surface area contributed by atoms with Crippen molar-refractivity contribution in [3.63, 3.8) is 0 Å². The van der Waals surface area contributed by atoms with Crippen LogP contribution in [0.2, 0.25) is 0 Å². The van der Waals surface area contributed by atoms with Crippen molar-refractivity contribution in [3.8, 4) is 0 Å². The lowest BCUT2D eigenvalue weighted by molar-refractivity contribution is -0.385. The van der Waals surface area contributed by atoms with E-state index in [1.54, 1.807) is 6.92 Å². The monoisotopic (exact) mass is 414 g/mol. The van der Waals surface area contributed by atoms with E-state index in [1.807, 2.05) is 0 Å². The van der Waals surface area contributed by atoms with Gasteiger partial charge in [0, 0.05) is 44.9 Å². The number of non-ortho nitro benzene ring substituents is 1. The van der Waals surface area contributed by atoms with Gasteiger partial charge in [-0.05, 0) is 25.5 Å². The second-order valence-electron chi connectivity index (χ2n) is 5.55. The van der Waals surface area contributed by atoms with Gasteiger partial charge in [0.2, 0.25) is 10.0 Å². The molecule has 0 amide bonds. The first-order valence-corrected chi connectivity index (χ1v) is 9.06. The number of nitrogens with one attached hydrogen (secondary N) is 2. The molecule has 25 heavy (non-hydrogen) atoms. The number of benzene rings is 1. The summed E-state index contributed by atoms with van der Waals surface area (Å²) in [6.45, 7) is 6.62. The van der Waals surface area contributed by atoms with Gasteiger partial charge in [-0.2, -0.15) is 0 Å². The lowest BCUT2D eigenvalue weighted by Gasteiger charge is -2.27. The average molecular weight is 415 g/mol. The standard InChI is InChI=1S/C14H22N4O4S.2ClH/c1-12-3-4-13(18(19)20)11-14(12)23(21,22)16-5-2-8-17-9-6-15-7-10-17;;/h3-4,11,15-16H,2,5-10H2,1H3;2*1H. The summed E-state index contributed by atoms with van der Waals surface area (Å²) in [7, 11) is -3.74. The highest BCUT2D eigenvalue weighted by Gasteiger charge is 2.20. The molecule has 2 N–H and O–H groups in total. The highest BCUT2D eigenvalue weighted by molar-refractivity contribution is 7.89. The lowest BCUT2D eigenvalue weighted by atomic mass is 10.2. The molecule has 0 aromatic heterocycles. The quantitative estimate of drug-likeness (QED) is 0.396. The number of hydrogen-bond donors (Lipinski definition) is 2. The molecular weight excluding hydrogens is 391 g/mol. The molecule has 0 saturated carbocycles. The molecule has 0 radical (unpaired) electrons. The topological polar surface area (TPSA) is 105 Å². The summed E-state index contributed by atoms with van der Waals surface area (Å²) < 4.78 is 27.2. The van der Waals surface area contributed by atoms with Gasteiger partial charge in [-0.3, -0.25) is 10.1 Å². The van der Waals surface area contributed by atoms with Crippen LogP contribution in [0.4, 0.5) is 5.69 Å². The summed E-state index contributed by atoms with van der Waals surface area (Å²) in [5.41, 5.74) is 0.266. The van der Waals surface area contributed by atoms with E-state index < -0.39 is 14.9 Å². The van der Waals surface area contributed by atoms with Gasteiger partial charge in [-0.1, -0.05) is 6.07 Å². The van der Waals surface area contributed by atoms with Gasteiger partial charge in [-0.15, -0.1) is 24.8 Å². The zero-order valence-electron chi connectivity index (χ0n) is 13.9. The molecule has 1 saturated heterocycles. The highest BCUT2D eigenvalue weighted by atomic mass is 35.5. The van der Waals surface area contributed by atoms with E-state index in [2.05, 4.69) is 14.9 Å². The van der Waals surface area contributed by atoms with Crippen molar-refractivity contribution in [2.24, 2.45) is 0 Å². The predicted molar refractivity (Wildman–Crippen MR) is 101 cm³/mol. The van der Waals surface area contributed by atoms with Gasteiger partial charge in [-0.25, -0.2) is 13.1 Å². The molecular formula is C14H24Cl2N4O4S. The normalized spacial score (nSPS) is 15.1. The molecule has 144 valence electrons. The van der Waals surface area contributed by atoms with E-state index in [-0.39, 0.29) is 35.4 Å². The van der Waals surface area contributed by atoms with Crippen molar-refractivity contribution >= 4 is 40.5 Å². The van der Waals surface area contributed by atoms with Crippen LogP contribution in [-0.4, -0.2) is 57.5 Å². The largest absolute Gasteiger partial charge is 0.314 e. The van der Waals surface area contributed by atoms with Gasteiger partial charge < -0.3 is 10.2 Å². The fourth-order valence-corrected chi connectivity index (χ4v) is 3.85. The maximum atomic E-state index is 12.3. The third-order valence-corrected chi connectivity index (χ3v) is 5.43. The van der Waals surface area contributed by atoms with E-state index in [0.717, 1.165) is 38.8 Å². The number of rotatable bonds is 7. The van der Waals surface area contributed by atoms with Crippen LogP contribution in [0, 0.1) is 17.0 Å². The van der Waals surface area contributed by atoms with Crippen molar-refractivity contribution in [1.82, 2.24) is 14.9 Å². The molecule has 1 aliphatic heterocycles. The summed E-state index contributed by atoms with van der Waals surface area (Å²) >= 11 is 0. The van der Waals surface area contributed by atoms with Crippen molar-refractivity contribution in [2.75, 3.05) is 39.3 Å². The second kappa shape index (κ2) is 10.9. The molecule has 2 rings (SSSR count). The van der Waals surface area contributed by atoms with E-state index in [9.17, 15) is 18.5 Å². The molecule has 0 bridgehead atoms. The Hall–Kier alpha value is -0.970. The summed E-state index contributed by atoms with van der Waals surface area (Å²) in [6.07, 6.45) is 0.702. The Morgan fingerprint density at radius 3 is 2.52 bits per heavy atom. The first kappa shape index (κ1) is 24.0. The molecule has 0 spiro atoms. The first-order chi connectivity index (χ1) is 10.9. The van der Waals surface area contributed by atoms with E-state index in [1.165, 1.54) is 12.1 Å². The first-order valence-electron chi connectivity index (χ1n) is 7.58. The van der Waals surface area contributed by atoms with Crippen molar-refractivity contribution in [1.29, 1.82) is 0 Å². The Balaban J connectivity index is 0.00000288. The van der Waals surface area contributed by atoms with Gasteiger partial charge in [0.15, 0.2) is 0 Å². The number of hydrogen-bond acceptors (Lipinski definition) is 6. The molecule has 11 heteroatoms. The fourth-order valence-electron chi connectivity index (χ4n) is 2.51. The van der Waals surface area contributed by atoms with Crippen LogP contribution in [0.25, 0.3) is 0 Å². The van der Waals surface area contributed by atoms with E-state index in [0.29, 0.717) is 18.5 Å². The Labute approximate surface area is 160 Å².